The average molecular weight is 210 g/mol. The van der Waals surface area contributed by atoms with Crippen LogP contribution in [0.4, 0.5) is 0 Å². The molecule has 80 valence electrons. The zero-order chi connectivity index (χ0) is 11.2. The molecule has 0 amide bonds. The van der Waals surface area contributed by atoms with Gasteiger partial charge in [-0.15, -0.1) is 0 Å². The second kappa shape index (κ2) is 5.17. The summed E-state index contributed by atoms with van der Waals surface area (Å²) in [4.78, 5) is 0. The Kier molecular flexibility index (Phi) is 3.39. The Morgan fingerprint density at radius 1 is 0.875 bits per heavy atom. The van der Waals surface area contributed by atoms with Gasteiger partial charge in [-0.25, -0.2) is 0 Å². The molecule has 0 aliphatic carbocycles. The van der Waals surface area contributed by atoms with Crippen LogP contribution in [0, 0.1) is 0 Å². The van der Waals surface area contributed by atoms with Crippen molar-refractivity contribution in [2.45, 2.75) is 6.42 Å². The molecule has 2 aromatic carbocycles. The van der Waals surface area contributed by atoms with E-state index in [0.717, 1.165) is 12.0 Å². The van der Waals surface area contributed by atoms with Gasteiger partial charge in [0.05, 0.1) is 0 Å². The number of aliphatic hydroxyl groups is 1. The van der Waals surface area contributed by atoms with Crippen LogP contribution in [0.2, 0.25) is 0 Å². The second-order valence-corrected chi connectivity index (χ2v) is 3.65. The van der Waals surface area contributed by atoms with E-state index in [1.165, 1.54) is 5.56 Å². The van der Waals surface area contributed by atoms with Crippen LogP contribution in [-0.4, -0.2) is 5.11 Å². The lowest BCUT2D eigenvalue weighted by Crippen LogP contribution is -1.85. The minimum atomic E-state index is 0.337. The van der Waals surface area contributed by atoms with Crippen molar-refractivity contribution in [3.05, 3.63) is 77.9 Å². The van der Waals surface area contributed by atoms with Gasteiger partial charge in [0.1, 0.15) is 5.76 Å². The van der Waals surface area contributed by atoms with Crippen LogP contribution in [0.5, 0.6) is 0 Å². The first-order chi connectivity index (χ1) is 7.86. The van der Waals surface area contributed by atoms with E-state index in [4.69, 9.17) is 0 Å². The summed E-state index contributed by atoms with van der Waals surface area (Å²) in [5, 5.41) is 9.84. The lowest BCUT2D eigenvalue weighted by atomic mass is 10.1. The number of allylic oxidation sites excluding steroid dienone is 1. The SMILES string of the molecule is O/C(=C\Cc1ccccc1)c1ccccc1. The van der Waals surface area contributed by atoms with Gasteiger partial charge in [0.25, 0.3) is 0 Å². The lowest BCUT2D eigenvalue weighted by Gasteiger charge is -2.00. The maximum absolute atomic E-state index is 9.84. The smallest absolute Gasteiger partial charge is 0.119 e. The molecule has 0 saturated carbocycles. The van der Waals surface area contributed by atoms with Gasteiger partial charge >= 0.3 is 0 Å². The fourth-order valence-corrected chi connectivity index (χ4v) is 1.56. The fourth-order valence-electron chi connectivity index (χ4n) is 1.56. The van der Waals surface area contributed by atoms with Gasteiger partial charge in [-0.3, -0.25) is 0 Å². The van der Waals surface area contributed by atoms with Crippen LogP contribution in [0.25, 0.3) is 5.76 Å². The largest absolute Gasteiger partial charge is 0.508 e. The zero-order valence-corrected chi connectivity index (χ0v) is 9.01. The molecule has 0 bridgehead atoms. The predicted octanol–water partition coefficient (Wildman–Crippen LogP) is 3.83. The lowest BCUT2D eigenvalue weighted by molar-refractivity contribution is 0.510. The van der Waals surface area contributed by atoms with E-state index < -0.39 is 0 Å². The van der Waals surface area contributed by atoms with Gasteiger partial charge in [0, 0.05) is 5.56 Å². The van der Waals surface area contributed by atoms with E-state index >= 15 is 0 Å². The molecule has 0 aromatic heterocycles. The van der Waals surface area contributed by atoms with Gasteiger partial charge in [-0.05, 0) is 18.1 Å². The molecule has 16 heavy (non-hydrogen) atoms. The zero-order valence-electron chi connectivity index (χ0n) is 9.01. The van der Waals surface area contributed by atoms with E-state index in [-0.39, 0.29) is 0 Å². The molecular weight excluding hydrogens is 196 g/mol. The summed E-state index contributed by atoms with van der Waals surface area (Å²) in [6.07, 6.45) is 2.59. The Morgan fingerprint density at radius 2 is 1.44 bits per heavy atom. The van der Waals surface area contributed by atoms with Crippen LogP contribution >= 0.6 is 0 Å². The molecule has 1 heteroatoms. The highest BCUT2D eigenvalue weighted by Gasteiger charge is 1.96. The normalized spacial score (nSPS) is 11.4. The third kappa shape index (κ3) is 2.74. The first-order valence-electron chi connectivity index (χ1n) is 5.35. The number of hydrogen-bond donors (Lipinski definition) is 1. The fraction of sp³-hybridized carbons (Fsp3) is 0.0667. The summed E-state index contributed by atoms with van der Waals surface area (Å²) >= 11 is 0. The van der Waals surface area contributed by atoms with Crippen LogP contribution in [0.3, 0.4) is 0 Å². The van der Waals surface area contributed by atoms with Crippen molar-refractivity contribution in [1.29, 1.82) is 0 Å². The summed E-state index contributed by atoms with van der Waals surface area (Å²) in [6, 6.07) is 19.7. The highest BCUT2D eigenvalue weighted by molar-refractivity contribution is 5.58. The summed E-state index contributed by atoms with van der Waals surface area (Å²) in [6.45, 7) is 0. The molecular formula is C15H14O. The Balaban J connectivity index is 2.09. The third-order valence-electron chi connectivity index (χ3n) is 2.44. The molecule has 0 aliphatic heterocycles. The molecule has 1 nitrogen and oxygen atoms in total. The molecule has 0 heterocycles. The first-order valence-corrected chi connectivity index (χ1v) is 5.35. The number of aliphatic hydroxyl groups excluding tert-OH is 1. The molecule has 0 fully saturated rings. The van der Waals surface area contributed by atoms with E-state index in [2.05, 4.69) is 12.1 Å². The molecule has 0 aliphatic rings. The Morgan fingerprint density at radius 3 is 2.06 bits per heavy atom. The van der Waals surface area contributed by atoms with Crippen LogP contribution in [-0.2, 0) is 6.42 Å². The highest BCUT2D eigenvalue weighted by Crippen LogP contribution is 2.11. The van der Waals surface area contributed by atoms with Crippen molar-refractivity contribution >= 4 is 5.76 Å². The maximum Gasteiger partial charge on any atom is 0.119 e. The van der Waals surface area contributed by atoms with E-state index in [1.54, 1.807) is 0 Å². The number of benzene rings is 2. The molecule has 2 aromatic rings. The Labute approximate surface area is 95.7 Å². The van der Waals surface area contributed by atoms with Gasteiger partial charge in [0.2, 0.25) is 0 Å². The Hall–Kier alpha value is -2.02. The van der Waals surface area contributed by atoms with Crippen molar-refractivity contribution in [1.82, 2.24) is 0 Å². The number of hydrogen-bond acceptors (Lipinski definition) is 1. The topological polar surface area (TPSA) is 20.2 Å². The summed E-state index contributed by atoms with van der Waals surface area (Å²) in [5.74, 6) is 0.337. The summed E-state index contributed by atoms with van der Waals surface area (Å²) in [7, 11) is 0. The highest BCUT2D eigenvalue weighted by atomic mass is 16.3. The van der Waals surface area contributed by atoms with Crippen molar-refractivity contribution in [2.24, 2.45) is 0 Å². The van der Waals surface area contributed by atoms with Gasteiger partial charge in [-0.2, -0.15) is 0 Å². The van der Waals surface area contributed by atoms with Gasteiger partial charge < -0.3 is 5.11 Å². The molecule has 0 spiro atoms. The molecule has 0 saturated heterocycles. The summed E-state index contributed by atoms with van der Waals surface area (Å²) < 4.78 is 0. The van der Waals surface area contributed by atoms with Crippen LogP contribution in [0.15, 0.2) is 66.7 Å². The van der Waals surface area contributed by atoms with Crippen molar-refractivity contribution in [3.8, 4) is 0 Å². The molecule has 0 unspecified atom stereocenters. The maximum atomic E-state index is 9.84. The van der Waals surface area contributed by atoms with E-state index in [0.29, 0.717) is 5.76 Å². The first kappa shape index (κ1) is 10.5. The van der Waals surface area contributed by atoms with E-state index in [9.17, 15) is 5.11 Å². The molecule has 2 rings (SSSR count). The Bertz CT molecular complexity index is 457. The summed E-state index contributed by atoms with van der Waals surface area (Å²) in [5.41, 5.74) is 2.06. The van der Waals surface area contributed by atoms with Crippen molar-refractivity contribution < 1.29 is 5.11 Å². The van der Waals surface area contributed by atoms with Gasteiger partial charge in [0.15, 0.2) is 0 Å². The van der Waals surface area contributed by atoms with Gasteiger partial charge in [-0.1, -0.05) is 60.7 Å². The van der Waals surface area contributed by atoms with Crippen molar-refractivity contribution in [2.75, 3.05) is 0 Å². The molecule has 0 atom stereocenters. The molecule has 0 radical (unpaired) electrons. The standard InChI is InChI=1S/C15H14O/c16-15(14-9-5-2-6-10-14)12-11-13-7-3-1-4-8-13/h1-10,12,16H,11H2/b15-12-. The minimum absolute atomic E-state index is 0.337. The average Bonchev–Trinajstić information content (AvgIpc) is 2.38. The van der Waals surface area contributed by atoms with E-state index in [1.807, 2.05) is 54.6 Å². The third-order valence-corrected chi connectivity index (χ3v) is 2.44. The second-order valence-electron chi connectivity index (χ2n) is 3.65. The van der Waals surface area contributed by atoms with Crippen LogP contribution < -0.4 is 0 Å². The van der Waals surface area contributed by atoms with Crippen LogP contribution in [0.1, 0.15) is 11.1 Å². The monoisotopic (exact) mass is 210 g/mol. The predicted molar refractivity (Wildman–Crippen MR) is 67.2 cm³/mol. The molecule has 1 N–H and O–H groups in total. The minimum Gasteiger partial charge on any atom is -0.508 e. The quantitative estimate of drug-likeness (QED) is 0.763. The number of rotatable bonds is 3. The van der Waals surface area contributed by atoms with Crippen molar-refractivity contribution in [3.63, 3.8) is 0 Å².